The Kier molecular flexibility index (Phi) is 7.05. The van der Waals surface area contributed by atoms with Crippen molar-refractivity contribution in [3.05, 3.63) is 77.2 Å². The highest BCUT2D eigenvalue weighted by atomic mass is 32.1. The largest absolute Gasteiger partial charge is 0.368 e. The van der Waals surface area contributed by atoms with Crippen LogP contribution in [0.3, 0.4) is 0 Å². The van der Waals surface area contributed by atoms with Gasteiger partial charge in [-0.2, -0.15) is 10.2 Å². The minimum absolute atomic E-state index is 0.202. The maximum atomic E-state index is 13.5. The fourth-order valence-electron chi connectivity index (χ4n) is 4.84. The topological polar surface area (TPSA) is 136 Å². The maximum absolute atomic E-state index is 13.5. The van der Waals surface area contributed by atoms with E-state index in [0.717, 1.165) is 33.2 Å². The van der Waals surface area contributed by atoms with E-state index in [1.807, 2.05) is 43.5 Å². The molecule has 5 heterocycles. The van der Waals surface area contributed by atoms with Gasteiger partial charge in [-0.05, 0) is 55.3 Å². The highest BCUT2D eigenvalue weighted by Gasteiger charge is 2.40. The molecule has 5 aromatic heterocycles. The Bertz CT molecular complexity index is 1740. The number of hydrogen-bond donors (Lipinski definition) is 3. The summed E-state index contributed by atoms with van der Waals surface area (Å²) in [4.78, 5) is 28.3. The molecule has 5 aromatic rings. The molecule has 0 radical (unpaired) electrons. The monoisotopic (exact) mass is 573 g/mol. The molecule has 0 aromatic carbocycles. The van der Waals surface area contributed by atoms with Gasteiger partial charge in [-0.1, -0.05) is 12.1 Å². The Balaban J connectivity index is 1.17. The van der Waals surface area contributed by atoms with Crippen LogP contribution < -0.4 is 10.6 Å². The Morgan fingerprint density at radius 2 is 2.15 bits per heavy atom. The third-order valence-electron chi connectivity index (χ3n) is 7.25. The van der Waals surface area contributed by atoms with Crippen molar-refractivity contribution in [2.75, 3.05) is 12.4 Å². The van der Waals surface area contributed by atoms with Crippen molar-refractivity contribution >= 4 is 44.7 Å². The molecule has 3 N–H and O–H groups in total. The first kappa shape index (κ1) is 26.7. The molecule has 0 aliphatic heterocycles. The van der Waals surface area contributed by atoms with Crippen molar-refractivity contribution in [3.8, 4) is 5.82 Å². The number of amides is 1. The Hall–Kier alpha value is -4.49. The molecule has 0 bridgehead atoms. The zero-order valence-corrected chi connectivity index (χ0v) is 23.5. The number of allylic oxidation sites excluding steroid dienone is 1. The average Bonchev–Trinajstić information content (AvgIpc) is 3.74. The first-order valence-corrected chi connectivity index (χ1v) is 14.0. The fraction of sp³-hybridized carbons (Fsp3) is 0.286. The minimum atomic E-state index is -1.02. The molecular formula is C28H28FN9O2S. The number of pyridine rings is 1. The number of H-pyrrole nitrogens is 1. The van der Waals surface area contributed by atoms with E-state index < -0.39 is 11.4 Å². The second kappa shape index (κ2) is 10.8. The zero-order chi connectivity index (χ0) is 28.6. The van der Waals surface area contributed by atoms with E-state index in [0.29, 0.717) is 42.5 Å². The van der Waals surface area contributed by atoms with Crippen molar-refractivity contribution in [2.45, 2.75) is 44.8 Å². The number of aromatic nitrogens is 7. The number of hydrogen-bond acceptors (Lipinski definition) is 9. The first-order chi connectivity index (χ1) is 19.8. The lowest BCUT2D eigenvalue weighted by atomic mass is 9.84. The predicted molar refractivity (Wildman–Crippen MR) is 153 cm³/mol. The summed E-state index contributed by atoms with van der Waals surface area (Å²) in [7, 11) is 1.56. The standard InChI is InChI=1S/C28H28FN9O2S/c1-16-12-22(37-36-16)33-25-21-8-11-41-26(21)35-24(34-25)18-6-9-28(40-3,10-7-18)27(39)32-17(2)19-4-5-23(30-13-19)38-15-20(29)14-31-38/h4-6,8,11-15,17H,7,9-10H2,1-3H3,(H,32,39)(H2,33,34,35,36,37)/t17-,28?/m0/s1. The lowest BCUT2D eigenvalue weighted by molar-refractivity contribution is -0.145. The summed E-state index contributed by atoms with van der Waals surface area (Å²) in [6, 6.07) is 7.14. The highest BCUT2D eigenvalue weighted by Crippen LogP contribution is 2.37. The number of nitrogens with one attached hydrogen (secondary N) is 3. The van der Waals surface area contributed by atoms with E-state index in [-0.39, 0.29) is 11.9 Å². The molecule has 1 aliphatic carbocycles. The molecule has 1 amide bonds. The number of carbonyl (C=O) groups is 1. The molecule has 0 spiro atoms. The van der Waals surface area contributed by atoms with E-state index in [9.17, 15) is 9.18 Å². The van der Waals surface area contributed by atoms with Gasteiger partial charge < -0.3 is 15.4 Å². The van der Waals surface area contributed by atoms with Crippen LogP contribution in [0.15, 0.2) is 54.3 Å². The number of aryl methyl sites for hydroxylation is 1. The summed E-state index contributed by atoms with van der Waals surface area (Å²) in [6.45, 7) is 3.82. The fourth-order valence-corrected chi connectivity index (χ4v) is 5.60. The molecule has 0 saturated heterocycles. The number of rotatable bonds is 8. The van der Waals surface area contributed by atoms with Crippen LogP contribution in [0.4, 0.5) is 16.0 Å². The van der Waals surface area contributed by atoms with Gasteiger partial charge in [-0.3, -0.25) is 9.89 Å². The second-order valence-corrected chi connectivity index (χ2v) is 10.9. The minimum Gasteiger partial charge on any atom is -0.368 e. The molecule has 210 valence electrons. The lowest BCUT2D eigenvalue weighted by Gasteiger charge is -2.34. The molecule has 2 atom stereocenters. The quantitative estimate of drug-likeness (QED) is 0.236. The third-order valence-corrected chi connectivity index (χ3v) is 8.06. The van der Waals surface area contributed by atoms with Gasteiger partial charge in [0.2, 0.25) is 0 Å². The van der Waals surface area contributed by atoms with E-state index in [4.69, 9.17) is 14.7 Å². The Labute approximate surface area is 238 Å². The summed E-state index contributed by atoms with van der Waals surface area (Å²) in [5.74, 6) is 1.83. The Morgan fingerprint density at radius 1 is 1.27 bits per heavy atom. The molecule has 6 rings (SSSR count). The van der Waals surface area contributed by atoms with Crippen molar-refractivity contribution in [3.63, 3.8) is 0 Å². The van der Waals surface area contributed by atoms with Crippen LogP contribution in [0.2, 0.25) is 0 Å². The number of ether oxygens (including phenoxy) is 1. The SMILES string of the molecule is COC1(C(=O)N[C@@H](C)c2ccc(-n3cc(F)cn3)nc2)CC=C(c2nc(Nc3cc(C)[nH]n3)c3ccsc3n2)CC1. The van der Waals surface area contributed by atoms with E-state index >= 15 is 0 Å². The number of methoxy groups -OCH3 is 1. The summed E-state index contributed by atoms with van der Waals surface area (Å²) >= 11 is 1.55. The summed E-state index contributed by atoms with van der Waals surface area (Å²) < 4.78 is 20.5. The van der Waals surface area contributed by atoms with Crippen LogP contribution in [0.5, 0.6) is 0 Å². The molecule has 11 nitrogen and oxygen atoms in total. The van der Waals surface area contributed by atoms with Crippen LogP contribution in [0, 0.1) is 12.7 Å². The van der Waals surface area contributed by atoms with Gasteiger partial charge in [-0.25, -0.2) is 24.0 Å². The number of thiophene rings is 1. The molecule has 0 saturated carbocycles. The van der Waals surface area contributed by atoms with Crippen LogP contribution in [-0.2, 0) is 9.53 Å². The first-order valence-electron chi connectivity index (χ1n) is 13.1. The van der Waals surface area contributed by atoms with Gasteiger partial charge >= 0.3 is 0 Å². The van der Waals surface area contributed by atoms with Gasteiger partial charge in [0.05, 0.1) is 23.8 Å². The van der Waals surface area contributed by atoms with Crippen LogP contribution in [0.25, 0.3) is 21.6 Å². The smallest absolute Gasteiger partial charge is 0.253 e. The highest BCUT2D eigenvalue weighted by molar-refractivity contribution is 7.16. The molecule has 1 unspecified atom stereocenters. The summed E-state index contributed by atoms with van der Waals surface area (Å²) in [6.07, 6.45) is 7.44. The molecule has 0 fully saturated rings. The maximum Gasteiger partial charge on any atom is 0.253 e. The predicted octanol–water partition coefficient (Wildman–Crippen LogP) is 5.02. The van der Waals surface area contributed by atoms with Crippen LogP contribution >= 0.6 is 11.3 Å². The molecule has 13 heteroatoms. The number of nitrogens with zero attached hydrogens (tertiary/aromatic N) is 6. The van der Waals surface area contributed by atoms with Gasteiger partial charge in [0.1, 0.15) is 16.2 Å². The van der Waals surface area contributed by atoms with Crippen molar-refractivity contribution in [1.29, 1.82) is 0 Å². The van der Waals surface area contributed by atoms with Crippen molar-refractivity contribution in [1.82, 2.24) is 40.2 Å². The lowest BCUT2D eigenvalue weighted by Crippen LogP contribution is -2.49. The molecule has 1 aliphatic rings. The zero-order valence-electron chi connectivity index (χ0n) is 22.7. The van der Waals surface area contributed by atoms with Crippen LogP contribution in [-0.4, -0.2) is 53.5 Å². The number of carbonyl (C=O) groups excluding carboxylic acids is 1. The van der Waals surface area contributed by atoms with Gasteiger partial charge in [-0.15, -0.1) is 11.3 Å². The number of anilines is 2. The summed E-state index contributed by atoms with van der Waals surface area (Å²) in [5, 5.41) is 20.4. The van der Waals surface area contributed by atoms with E-state index in [1.54, 1.807) is 30.7 Å². The van der Waals surface area contributed by atoms with Gasteiger partial charge in [0.25, 0.3) is 5.91 Å². The summed E-state index contributed by atoms with van der Waals surface area (Å²) in [5.41, 5.74) is 1.70. The van der Waals surface area contributed by atoms with Crippen molar-refractivity contribution in [2.24, 2.45) is 0 Å². The van der Waals surface area contributed by atoms with Gasteiger partial charge in [0, 0.05) is 31.5 Å². The Morgan fingerprint density at radius 3 is 2.80 bits per heavy atom. The number of aromatic amines is 1. The average molecular weight is 574 g/mol. The van der Waals surface area contributed by atoms with E-state index in [1.165, 1.54) is 10.9 Å². The third kappa shape index (κ3) is 5.33. The number of fused-ring (bicyclic) bond motifs is 1. The molecule has 41 heavy (non-hydrogen) atoms. The van der Waals surface area contributed by atoms with Gasteiger partial charge in [0.15, 0.2) is 23.3 Å². The molecular weight excluding hydrogens is 545 g/mol. The normalized spacial score (nSPS) is 17.8. The van der Waals surface area contributed by atoms with Crippen LogP contribution in [0.1, 0.15) is 49.3 Å². The second-order valence-electron chi connectivity index (χ2n) is 9.98. The van der Waals surface area contributed by atoms with Crippen molar-refractivity contribution < 1.29 is 13.9 Å². The van der Waals surface area contributed by atoms with E-state index in [2.05, 4.69) is 30.9 Å². The number of halogens is 1.